The van der Waals surface area contributed by atoms with E-state index in [-0.39, 0.29) is 0 Å². The van der Waals surface area contributed by atoms with Crippen molar-refractivity contribution in [2.45, 2.75) is 25.4 Å². The minimum Gasteiger partial charge on any atom is -0.381 e. The molecule has 2 unspecified atom stereocenters. The van der Waals surface area contributed by atoms with Crippen LogP contribution < -0.4 is 0 Å². The van der Waals surface area contributed by atoms with Crippen molar-refractivity contribution < 1.29 is 9.47 Å². The predicted octanol–water partition coefficient (Wildman–Crippen LogP) is 1.28. The Morgan fingerprint density at radius 1 is 1.27 bits per heavy atom. The normalized spacial score (nSPS) is 39.3. The molecular formula is C9H14O2. The molecule has 62 valence electrons. The fraction of sp³-hybridized carbons (Fsp3) is 0.889. The molecule has 0 bridgehead atoms. The summed E-state index contributed by atoms with van der Waals surface area (Å²) in [6, 6.07) is 0. The van der Waals surface area contributed by atoms with Gasteiger partial charge in [-0.2, -0.15) is 0 Å². The van der Waals surface area contributed by atoms with Gasteiger partial charge in [-0.05, 0) is 25.7 Å². The van der Waals surface area contributed by atoms with E-state index in [4.69, 9.17) is 9.47 Å². The molecular weight excluding hydrogens is 140 g/mol. The van der Waals surface area contributed by atoms with Gasteiger partial charge in [0.25, 0.3) is 0 Å². The van der Waals surface area contributed by atoms with Gasteiger partial charge in [0.2, 0.25) is 0 Å². The van der Waals surface area contributed by atoms with Crippen molar-refractivity contribution in [3.05, 3.63) is 6.42 Å². The van der Waals surface area contributed by atoms with E-state index in [2.05, 4.69) is 6.42 Å². The summed E-state index contributed by atoms with van der Waals surface area (Å²) in [4.78, 5) is 0. The Morgan fingerprint density at radius 2 is 2.27 bits per heavy atom. The molecule has 2 radical (unpaired) electrons. The van der Waals surface area contributed by atoms with Crippen molar-refractivity contribution in [1.82, 2.24) is 0 Å². The SMILES string of the molecule is [C]1CCOC(C2CCOC2)C1. The Morgan fingerprint density at radius 3 is 2.91 bits per heavy atom. The van der Waals surface area contributed by atoms with Gasteiger partial charge in [-0.1, -0.05) is 0 Å². The monoisotopic (exact) mass is 154 g/mol. The van der Waals surface area contributed by atoms with Crippen LogP contribution in [0, 0.1) is 12.3 Å². The van der Waals surface area contributed by atoms with E-state index in [1.165, 1.54) is 6.42 Å². The summed E-state index contributed by atoms with van der Waals surface area (Å²) in [5, 5.41) is 0. The summed E-state index contributed by atoms with van der Waals surface area (Å²) in [6.45, 7) is 2.68. The summed E-state index contributed by atoms with van der Waals surface area (Å²) in [5.74, 6) is 0.641. The zero-order chi connectivity index (χ0) is 7.52. The third kappa shape index (κ3) is 1.74. The van der Waals surface area contributed by atoms with E-state index in [0.29, 0.717) is 12.0 Å². The van der Waals surface area contributed by atoms with Crippen LogP contribution >= 0.6 is 0 Å². The maximum Gasteiger partial charge on any atom is 0.0631 e. The average molecular weight is 154 g/mol. The number of ether oxygens (including phenoxy) is 2. The van der Waals surface area contributed by atoms with Crippen molar-refractivity contribution in [2.75, 3.05) is 19.8 Å². The second-order valence-corrected chi connectivity index (χ2v) is 3.24. The summed E-state index contributed by atoms with van der Waals surface area (Å²) < 4.78 is 10.9. The van der Waals surface area contributed by atoms with E-state index in [9.17, 15) is 0 Å². The second kappa shape index (κ2) is 3.55. The molecule has 2 fully saturated rings. The molecule has 0 amide bonds. The number of hydrogen-bond acceptors (Lipinski definition) is 2. The van der Waals surface area contributed by atoms with Gasteiger partial charge in [-0.15, -0.1) is 0 Å². The van der Waals surface area contributed by atoms with Crippen LogP contribution in [0.5, 0.6) is 0 Å². The third-order valence-corrected chi connectivity index (χ3v) is 2.45. The van der Waals surface area contributed by atoms with E-state index < -0.39 is 0 Å². The van der Waals surface area contributed by atoms with Crippen LogP contribution in [0.25, 0.3) is 0 Å². The lowest BCUT2D eigenvalue weighted by Gasteiger charge is -2.26. The molecule has 2 aliphatic rings. The lowest BCUT2D eigenvalue weighted by atomic mass is 9.95. The molecule has 0 aromatic carbocycles. The molecule has 2 saturated heterocycles. The van der Waals surface area contributed by atoms with Crippen LogP contribution in [-0.4, -0.2) is 25.9 Å². The molecule has 2 aliphatic heterocycles. The van der Waals surface area contributed by atoms with Crippen LogP contribution in [0.15, 0.2) is 0 Å². The molecule has 0 aromatic rings. The van der Waals surface area contributed by atoms with Crippen LogP contribution in [0.1, 0.15) is 19.3 Å². The predicted molar refractivity (Wildman–Crippen MR) is 41.1 cm³/mol. The minimum atomic E-state index is 0.409. The Hall–Kier alpha value is -0.0800. The first-order valence-electron chi connectivity index (χ1n) is 4.37. The van der Waals surface area contributed by atoms with Crippen LogP contribution in [0.4, 0.5) is 0 Å². The van der Waals surface area contributed by atoms with Crippen molar-refractivity contribution >= 4 is 0 Å². The van der Waals surface area contributed by atoms with E-state index in [0.717, 1.165) is 32.7 Å². The van der Waals surface area contributed by atoms with Crippen molar-refractivity contribution in [3.8, 4) is 0 Å². The van der Waals surface area contributed by atoms with Gasteiger partial charge in [-0.3, -0.25) is 0 Å². The highest BCUT2D eigenvalue weighted by atomic mass is 16.5. The first-order valence-corrected chi connectivity index (χ1v) is 4.37. The Kier molecular flexibility index (Phi) is 2.44. The molecule has 2 heterocycles. The molecule has 0 N–H and O–H groups in total. The van der Waals surface area contributed by atoms with Gasteiger partial charge < -0.3 is 9.47 Å². The molecule has 2 heteroatoms. The van der Waals surface area contributed by atoms with Crippen LogP contribution in [0.2, 0.25) is 0 Å². The average Bonchev–Trinajstić information content (AvgIpc) is 2.58. The second-order valence-electron chi connectivity index (χ2n) is 3.24. The topological polar surface area (TPSA) is 18.5 Å². The fourth-order valence-electron chi connectivity index (χ4n) is 1.73. The first-order chi connectivity index (χ1) is 5.47. The van der Waals surface area contributed by atoms with Crippen LogP contribution in [0.3, 0.4) is 0 Å². The smallest absolute Gasteiger partial charge is 0.0631 e. The Balaban J connectivity index is 1.82. The van der Waals surface area contributed by atoms with Gasteiger partial charge in [0.15, 0.2) is 0 Å². The molecule has 2 atom stereocenters. The molecule has 0 saturated carbocycles. The lowest BCUT2D eigenvalue weighted by molar-refractivity contribution is -0.00752. The van der Waals surface area contributed by atoms with Gasteiger partial charge in [0, 0.05) is 19.1 Å². The number of hydrogen-bond donors (Lipinski definition) is 0. The lowest BCUT2D eigenvalue weighted by Crippen LogP contribution is -2.28. The quantitative estimate of drug-likeness (QED) is 0.566. The van der Waals surface area contributed by atoms with Crippen molar-refractivity contribution in [2.24, 2.45) is 5.92 Å². The van der Waals surface area contributed by atoms with Crippen molar-refractivity contribution in [3.63, 3.8) is 0 Å². The molecule has 0 aromatic heterocycles. The molecule has 2 rings (SSSR count). The minimum absolute atomic E-state index is 0.409. The highest BCUT2D eigenvalue weighted by Crippen LogP contribution is 2.25. The highest BCUT2D eigenvalue weighted by Gasteiger charge is 2.27. The molecule has 2 nitrogen and oxygen atoms in total. The molecule has 0 spiro atoms. The van der Waals surface area contributed by atoms with E-state index in [1.54, 1.807) is 0 Å². The largest absolute Gasteiger partial charge is 0.381 e. The van der Waals surface area contributed by atoms with Gasteiger partial charge in [-0.25, -0.2) is 0 Å². The molecule has 11 heavy (non-hydrogen) atoms. The maximum absolute atomic E-state index is 5.62. The highest BCUT2D eigenvalue weighted by molar-refractivity contribution is 4.83. The third-order valence-electron chi connectivity index (χ3n) is 2.45. The van der Waals surface area contributed by atoms with Gasteiger partial charge in [0.1, 0.15) is 0 Å². The van der Waals surface area contributed by atoms with E-state index >= 15 is 0 Å². The standard InChI is InChI=1S/C9H14O2/c1-2-5-11-9(3-1)8-4-6-10-7-8/h8-9H,2-7H2. The summed E-state index contributed by atoms with van der Waals surface area (Å²) in [6.07, 6.45) is 6.92. The zero-order valence-corrected chi connectivity index (χ0v) is 6.71. The Labute approximate surface area is 67.9 Å². The van der Waals surface area contributed by atoms with Crippen molar-refractivity contribution in [1.29, 1.82) is 0 Å². The van der Waals surface area contributed by atoms with Crippen LogP contribution in [-0.2, 0) is 9.47 Å². The first kappa shape index (κ1) is 7.56. The van der Waals surface area contributed by atoms with Gasteiger partial charge in [0.05, 0.1) is 12.7 Å². The summed E-state index contributed by atoms with van der Waals surface area (Å²) >= 11 is 0. The Bertz CT molecular complexity index is 113. The van der Waals surface area contributed by atoms with Gasteiger partial charge >= 0.3 is 0 Å². The fourth-order valence-corrected chi connectivity index (χ4v) is 1.73. The maximum atomic E-state index is 5.62. The summed E-state index contributed by atoms with van der Waals surface area (Å²) in [7, 11) is 0. The van der Waals surface area contributed by atoms with E-state index in [1.807, 2.05) is 0 Å². The summed E-state index contributed by atoms with van der Waals surface area (Å²) in [5.41, 5.74) is 0. The number of rotatable bonds is 1. The zero-order valence-electron chi connectivity index (χ0n) is 6.71. The molecule has 0 aliphatic carbocycles.